The molecule has 1 aliphatic heterocycles. The predicted octanol–water partition coefficient (Wildman–Crippen LogP) is 8.13. The molecule has 2 N–H and O–H groups in total. The van der Waals surface area contributed by atoms with Gasteiger partial charge >= 0.3 is 5.97 Å². The minimum absolute atomic E-state index is 0.0791. The third-order valence-corrected chi connectivity index (χ3v) is 9.43. The summed E-state index contributed by atoms with van der Waals surface area (Å²) in [5.74, 6) is -1.27. The van der Waals surface area contributed by atoms with Gasteiger partial charge in [0.2, 0.25) is 0 Å². The zero-order valence-electron chi connectivity index (χ0n) is 27.2. The summed E-state index contributed by atoms with van der Waals surface area (Å²) in [4.78, 5) is 21.5. The molecule has 0 radical (unpaired) electrons. The number of carbonyl (C=O) groups is 1. The van der Waals surface area contributed by atoms with E-state index in [9.17, 15) is 18.7 Å². The largest absolute Gasteiger partial charge is 0.481 e. The van der Waals surface area contributed by atoms with E-state index in [1.165, 1.54) is 24.3 Å². The summed E-state index contributed by atoms with van der Waals surface area (Å²) in [6.45, 7) is 8.55. The Bertz CT molecular complexity index is 1580. The van der Waals surface area contributed by atoms with Crippen LogP contribution in [0, 0.1) is 17.0 Å². The number of aromatic nitrogens is 1. The van der Waals surface area contributed by atoms with Crippen LogP contribution in [0.1, 0.15) is 67.2 Å². The van der Waals surface area contributed by atoms with Crippen LogP contribution in [0.5, 0.6) is 0 Å². The molecule has 0 atom stereocenters. The van der Waals surface area contributed by atoms with Crippen LogP contribution in [0.4, 0.5) is 14.5 Å². The summed E-state index contributed by atoms with van der Waals surface area (Å²) < 4.78 is 27.4. The predicted molar refractivity (Wildman–Crippen MR) is 185 cm³/mol. The minimum atomic E-state index is -0.727. The molecule has 3 aromatic carbocycles. The lowest BCUT2D eigenvalue weighted by atomic mass is 9.79. The number of hydrogen-bond donors (Lipinski definition) is 2. The Morgan fingerprint density at radius 2 is 1.49 bits per heavy atom. The molecule has 1 saturated heterocycles. The quantitative estimate of drug-likeness (QED) is 0.145. The van der Waals surface area contributed by atoms with Crippen molar-refractivity contribution in [2.75, 3.05) is 38.0 Å². The number of rotatable bonds is 14. The molecule has 47 heavy (non-hydrogen) atoms. The highest BCUT2D eigenvalue weighted by molar-refractivity contribution is 5.74. The van der Waals surface area contributed by atoms with Gasteiger partial charge in [0.05, 0.1) is 22.8 Å². The summed E-state index contributed by atoms with van der Waals surface area (Å²) in [7, 11) is 0. The minimum Gasteiger partial charge on any atom is -0.481 e. The van der Waals surface area contributed by atoms with E-state index >= 15 is 0 Å². The van der Waals surface area contributed by atoms with Crippen LogP contribution in [0.3, 0.4) is 0 Å². The zero-order valence-corrected chi connectivity index (χ0v) is 27.2. The molecule has 0 bridgehead atoms. The number of nitrogens with one attached hydrogen (secondary N) is 1. The van der Waals surface area contributed by atoms with Gasteiger partial charge in [-0.05, 0) is 90.6 Å². The van der Waals surface area contributed by atoms with Crippen molar-refractivity contribution in [1.82, 2.24) is 14.8 Å². The molecular weight excluding hydrogens is 594 g/mol. The van der Waals surface area contributed by atoms with Crippen LogP contribution in [0.25, 0.3) is 12.2 Å². The molecule has 0 unspecified atom stereocenters. The normalized spacial score (nSPS) is 14.6. The number of benzene rings is 3. The Balaban J connectivity index is 1.17. The Hall–Kier alpha value is -4.40. The van der Waals surface area contributed by atoms with Gasteiger partial charge in [0.1, 0.15) is 11.6 Å². The lowest BCUT2D eigenvalue weighted by Crippen LogP contribution is -2.47. The number of carboxylic acid groups (broad SMARTS) is 1. The first-order valence-corrected chi connectivity index (χ1v) is 16.5. The van der Waals surface area contributed by atoms with E-state index in [1.54, 1.807) is 0 Å². The summed E-state index contributed by atoms with van der Waals surface area (Å²) >= 11 is 0. The second-order valence-electron chi connectivity index (χ2n) is 12.3. The van der Waals surface area contributed by atoms with Gasteiger partial charge in [-0.2, -0.15) is 0 Å². The fourth-order valence-corrected chi connectivity index (χ4v) is 6.38. The van der Waals surface area contributed by atoms with E-state index in [0.29, 0.717) is 25.8 Å². The highest BCUT2D eigenvalue weighted by Gasteiger charge is 2.34. The molecule has 6 nitrogen and oxygen atoms in total. The first-order valence-electron chi connectivity index (χ1n) is 16.5. The molecule has 5 rings (SSSR count). The number of halogens is 2. The van der Waals surface area contributed by atoms with Crippen molar-refractivity contribution in [3.8, 4) is 0 Å². The molecule has 8 heteroatoms. The standard InChI is InChI=1S/C39H44F2N4O2/c1-3-39(4-2,38(46)47)21-22-42-35-9-5-7-29(27-35)11-20-34-8-6-10-36(43-34)28-44-23-25-45(26-24-44)37(30-12-16-32(40)17-13-30)31-14-18-33(41)19-15-31/h5-20,27,37,42H,3-4,21-26,28H2,1-2H3,(H,46,47). The van der Waals surface area contributed by atoms with Crippen LogP contribution in [0.2, 0.25) is 0 Å². The Kier molecular flexibility index (Phi) is 11.5. The summed E-state index contributed by atoms with van der Waals surface area (Å²) in [5.41, 5.74) is 5.16. The van der Waals surface area contributed by atoms with E-state index < -0.39 is 11.4 Å². The fourth-order valence-electron chi connectivity index (χ4n) is 6.38. The van der Waals surface area contributed by atoms with Crippen LogP contribution < -0.4 is 5.32 Å². The van der Waals surface area contributed by atoms with Crippen molar-refractivity contribution in [1.29, 1.82) is 0 Å². The first kappa shape index (κ1) is 33.9. The molecule has 0 saturated carbocycles. The highest BCUT2D eigenvalue weighted by atomic mass is 19.1. The smallest absolute Gasteiger partial charge is 0.309 e. The van der Waals surface area contributed by atoms with Gasteiger partial charge in [-0.25, -0.2) is 8.78 Å². The molecular formula is C39H44F2N4O2. The monoisotopic (exact) mass is 638 g/mol. The molecule has 0 amide bonds. The van der Waals surface area contributed by atoms with Crippen LogP contribution in [-0.2, 0) is 11.3 Å². The van der Waals surface area contributed by atoms with Gasteiger partial charge in [0.15, 0.2) is 0 Å². The molecule has 4 aromatic rings. The maximum absolute atomic E-state index is 13.7. The average molecular weight is 639 g/mol. The number of aliphatic carboxylic acids is 1. The van der Waals surface area contributed by atoms with E-state index in [1.807, 2.05) is 80.6 Å². The van der Waals surface area contributed by atoms with E-state index in [0.717, 1.165) is 66.5 Å². The molecule has 1 fully saturated rings. The van der Waals surface area contributed by atoms with Crippen LogP contribution >= 0.6 is 0 Å². The molecule has 1 aromatic heterocycles. The van der Waals surface area contributed by atoms with Gasteiger partial charge in [0.25, 0.3) is 0 Å². The average Bonchev–Trinajstić information content (AvgIpc) is 3.09. The van der Waals surface area contributed by atoms with Gasteiger partial charge < -0.3 is 10.4 Å². The Labute approximate surface area is 276 Å². The molecule has 0 aliphatic carbocycles. The summed E-state index contributed by atoms with van der Waals surface area (Å²) in [6.07, 6.45) is 5.85. The first-order chi connectivity index (χ1) is 22.8. The van der Waals surface area contributed by atoms with Crippen molar-refractivity contribution in [3.05, 3.63) is 131 Å². The molecule has 246 valence electrons. The number of pyridine rings is 1. The number of hydrogen-bond acceptors (Lipinski definition) is 5. The second-order valence-corrected chi connectivity index (χ2v) is 12.3. The Morgan fingerprint density at radius 3 is 2.09 bits per heavy atom. The topological polar surface area (TPSA) is 68.7 Å². The van der Waals surface area contributed by atoms with Crippen molar-refractivity contribution >= 4 is 23.8 Å². The molecule has 2 heterocycles. The van der Waals surface area contributed by atoms with Crippen molar-refractivity contribution in [2.24, 2.45) is 5.41 Å². The van der Waals surface area contributed by atoms with E-state index in [4.69, 9.17) is 4.98 Å². The van der Waals surface area contributed by atoms with Crippen LogP contribution in [-0.4, -0.2) is 58.6 Å². The van der Waals surface area contributed by atoms with Gasteiger partial charge in [-0.1, -0.05) is 62.4 Å². The van der Waals surface area contributed by atoms with Crippen molar-refractivity contribution in [3.63, 3.8) is 0 Å². The zero-order chi connectivity index (χ0) is 33.2. The third-order valence-electron chi connectivity index (χ3n) is 9.43. The van der Waals surface area contributed by atoms with E-state index in [2.05, 4.69) is 27.2 Å². The van der Waals surface area contributed by atoms with Crippen molar-refractivity contribution in [2.45, 2.75) is 45.7 Å². The van der Waals surface area contributed by atoms with Crippen molar-refractivity contribution < 1.29 is 18.7 Å². The number of nitrogens with zero attached hydrogens (tertiary/aromatic N) is 3. The maximum atomic E-state index is 13.7. The lowest BCUT2D eigenvalue weighted by Gasteiger charge is -2.39. The molecule has 1 aliphatic rings. The lowest BCUT2D eigenvalue weighted by molar-refractivity contribution is -0.149. The number of carboxylic acids is 1. The van der Waals surface area contributed by atoms with Gasteiger partial charge in [-0.3, -0.25) is 19.6 Å². The fraction of sp³-hybridized carbons (Fsp3) is 0.333. The third kappa shape index (κ3) is 8.90. The second kappa shape index (κ2) is 15.9. The Morgan fingerprint density at radius 1 is 0.872 bits per heavy atom. The van der Waals surface area contributed by atoms with Gasteiger partial charge in [0, 0.05) is 45.0 Å². The number of anilines is 1. The van der Waals surface area contributed by atoms with Gasteiger partial charge in [-0.15, -0.1) is 0 Å². The summed E-state index contributed by atoms with van der Waals surface area (Å²) in [6, 6.07) is 27.3. The SMILES string of the molecule is CCC(CC)(CCNc1cccc(C=Cc2cccc(CN3CCN(C(c4ccc(F)cc4)c4ccc(F)cc4)CC3)n2)c1)C(=O)O. The molecule has 0 spiro atoms. The highest BCUT2D eigenvalue weighted by Crippen LogP contribution is 2.32. The number of piperazine rings is 1. The van der Waals surface area contributed by atoms with Crippen LogP contribution in [0.15, 0.2) is 91.0 Å². The van der Waals surface area contributed by atoms with E-state index in [-0.39, 0.29) is 17.7 Å². The maximum Gasteiger partial charge on any atom is 0.309 e. The summed E-state index contributed by atoms with van der Waals surface area (Å²) in [5, 5.41) is 13.1.